The minimum absolute atomic E-state index is 0.282. The van der Waals surface area contributed by atoms with Crippen molar-refractivity contribution in [2.24, 2.45) is 0 Å². The molecule has 1 atom stereocenters. The Hall–Kier alpha value is -1.13. The number of likely N-dealkylation sites (tertiary alicyclic amines) is 1. The molecule has 0 radical (unpaired) electrons. The molecule has 1 unspecified atom stereocenters. The fourth-order valence-corrected chi connectivity index (χ4v) is 2.08. The second-order valence-corrected chi connectivity index (χ2v) is 4.55. The van der Waals surface area contributed by atoms with E-state index in [4.69, 9.17) is 0 Å². The smallest absolute Gasteiger partial charge is 0.138 e. The maximum absolute atomic E-state index is 9.65. The number of rotatable bonds is 3. The van der Waals surface area contributed by atoms with Crippen LogP contribution < -0.4 is 5.32 Å². The lowest BCUT2D eigenvalue weighted by Crippen LogP contribution is -2.31. The van der Waals surface area contributed by atoms with E-state index < -0.39 is 0 Å². The van der Waals surface area contributed by atoms with Gasteiger partial charge in [-0.25, -0.2) is 0 Å². The Balaban J connectivity index is 1.91. The number of hydrogen-bond acceptors (Lipinski definition) is 4. The minimum atomic E-state index is 0.282. The average molecular weight is 221 g/mol. The number of aryl methyl sites for hydroxylation is 1. The van der Waals surface area contributed by atoms with Crippen LogP contribution in [0.3, 0.4) is 0 Å². The Labute approximate surface area is 96.3 Å². The van der Waals surface area contributed by atoms with Crippen LogP contribution in [0.25, 0.3) is 0 Å². The van der Waals surface area contributed by atoms with Gasteiger partial charge in [0, 0.05) is 24.8 Å². The van der Waals surface area contributed by atoms with Gasteiger partial charge in [-0.05, 0) is 39.1 Å². The summed E-state index contributed by atoms with van der Waals surface area (Å²) in [7, 11) is 2.13. The third-order valence-corrected chi connectivity index (χ3v) is 3.04. The summed E-state index contributed by atoms with van der Waals surface area (Å²) in [6, 6.07) is 4.05. The summed E-state index contributed by atoms with van der Waals surface area (Å²) in [4.78, 5) is 6.63. The van der Waals surface area contributed by atoms with Gasteiger partial charge in [0.1, 0.15) is 5.75 Å². The monoisotopic (exact) mass is 221 g/mol. The first-order valence-electron chi connectivity index (χ1n) is 5.72. The summed E-state index contributed by atoms with van der Waals surface area (Å²) < 4.78 is 0. The fourth-order valence-electron chi connectivity index (χ4n) is 2.08. The van der Waals surface area contributed by atoms with Crippen LogP contribution in [0.1, 0.15) is 17.8 Å². The molecule has 0 spiro atoms. The number of pyridine rings is 1. The predicted molar refractivity (Wildman–Crippen MR) is 63.4 cm³/mol. The van der Waals surface area contributed by atoms with Gasteiger partial charge in [0.15, 0.2) is 0 Å². The van der Waals surface area contributed by atoms with Crippen LogP contribution in [0.2, 0.25) is 0 Å². The second kappa shape index (κ2) is 4.80. The van der Waals surface area contributed by atoms with E-state index in [2.05, 4.69) is 22.2 Å². The number of nitrogens with one attached hydrogen (secondary N) is 1. The van der Waals surface area contributed by atoms with E-state index in [9.17, 15) is 5.11 Å². The largest absolute Gasteiger partial charge is 0.506 e. The third-order valence-electron chi connectivity index (χ3n) is 3.04. The Morgan fingerprint density at radius 1 is 1.56 bits per heavy atom. The van der Waals surface area contributed by atoms with Gasteiger partial charge in [-0.2, -0.15) is 0 Å². The fraction of sp³-hybridized carbons (Fsp3) is 0.583. The highest BCUT2D eigenvalue weighted by Gasteiger charge is 2.19. The number of aromatic nitrogens is 1. The van der Waals surface area contributed by atoms with Crippen LogP contribution in [0.5, 0.6) is 5.75 Å². The number of aromatic hydroxyl groups is 1. The van der Waals surface area contributed by atoms with Crippen molar-refractivity contribution in [3.63, 3.8) is 0 Å². The second-order valence-electron chi connectivity index (χ2n) is 4.55. The summed E-state index contributed by atoms with van der Waals surface area (Å²) in [6.45, 7) is 4.80. The lowest BCUT2D eigenvalue weighted by molar-refractivity contribution is 0.395. The molecule has 16 heavy (non-hydrogen) atoms. The zero-order chi connectivity index (χ0) is 11.5. The summed E-state index contributed by atoms with van der Waals surface area (Å²) in [5.74, 6) is 0.282. The molecule has 2 rings (SSSR count). The van der Waals surface area contributed by atoms with Gasteiger partial charge < -0.3 is 15.3 Å². The standard InChI is InChI=1S/C12H19N3O/c1-9-3-4-12(16)11(14-9)7-13-10-5-6-15(2)8-10/h3-4,10,13,16H,5-8H2,1-2H3. The zero-order valence-electron chi connectivity index (χ0n) is 9.90. The molecule has 1 aliphatic rings. The molecule has 2 N–H and O–H groups in total. The van der Waals surface area contributed by atoms with Crippen molar-refractivity contribution < 1.29 is 5.11 Å². The van der Waals surface area contributed by atoms with Crippen molar-refractivity contribution in [3.05, 3.63) is 23.5 Å². The SMILES string of the molecule is Cc1ccc(O)c(CNC2CCN(C)C2)n1. The first kappa shape index (κ1) is 11.4. The van der Waals surface area contributed by atoms with E-state index in [-0.39, 0.29) is 5.75 Å². The maximum Gasteiger partial charge on any atom is 0.138 e. The molecule has 88 valence electrons. The number of hydrogen-bond donors (Lipinski definition) is 2. The van der Waals surface area contributed by atoms with Crippen LogP contribution in [0.15, 0.2) is 12.1 Å². The molecule has 1 saturated heterocycles. The molecule has 0 aliphatic carbocycles. The van der Waals surface area contributed by atoms with Gasteiger partial charge in [0.05, 0.1) is 5.69 Å². The lowest BCUT2D eigenvalue weighted by Gasteiger charge is -2.13. The molecule has 0 saturated carbocycles. The molecule has 4 nitrogen and oxygen atoms in total. The summed E-state index contributed by atoms with van der Waals surface area (Å²) in [5.41, 5.74) is 1.69. The molecule has 4 heteroatoms. The van der Waals surface area contributed by atoms with E-state index in [1.54, 1.807) is 6.07 Å². The van der Waals surface area contributed by atoms with Crippen LogP contribution in [-0.2, 0) is 6.54 Å². The summed E-state index contributed by atoms with van der Waals surface area (Å²) >= 11 is 0. The topological polar surface area (TPSA) is 48.4 Å². The number of nitrogens with zero attached hydrogens (tertiary/aromatic N) is 2. The van der Waals surface area contributed by atoms with Gasteiger partial charge >= 0.3 is 0 Å². The molecular formula is C12H19N3O. The zero-order valence-corrected chi connectivity index (χ0v) is 9.90. The van der Waals surface area contributed by atoms with Crippen LogP contribution in [0.4, 0.5) is 0 Å². The van der Waals surface area contributed by atoms with E-state index in [1.165, 1.54) is 6.42 Å². The highest BCUT2D eigenvalue weighted by molar-refractivity contribution is 5.27. The highest BCUT2D eigenvalue weighted by Crippen LogP contribution is 2.15. The van der Waals surface area contributed by atoms with Crippen molar-refractivity contribution in [2.45, 2.75) is 25.9 Å². The average Bonchev–Trinajstić information content (AvgIpc) is 2.66. The predicted octanol–water partition coefficient (Wildman–Crippen LogP) is 0.889. The van der Waals surface area contributed by atoms with Gasteiger partial charge in [0.2, 0.25) is 0 Å². The van der Waals surface area contributed by atoms with Gasteiger partial charge in [-0.1, -0.05) is 0 Å². The number of likely N-dealkylation sites (N-methyl/N-ethyl adjacent to an activating group) is 1. The van der Waals surface area contributed by atoms with Gasteiger partial charge in [-0.3, -0.25) is 4.98 Å². The van der Waals surface area contributed by atoms with Crippen molar-refractivity contribution in [1.82, 2.24) is 15.2 Å². The molecule has 1 aromatic rings. The van der Waals surface area contributed by atoms with Crippen LogP contribution in [0, 0.1) is 6.92 Å². The van der Waals surface area contributed by atoms with E-state index in [0.29, 0.717) is 12.6 Å². The van der Waals surface area contributed by atoms with Gasteiger partial charge in [0.25, 0.3) is 0 Å². The van der Waals surface area contributed by atoms with Gasteiger partial charge in [-0.15, -0.1) is 0 Å². The Bertz CT molecular complexity index is 367. The maximum atomic E-state index is 9.65. The van der Waals surface area contributed by atoms with Crippen molar-refractivity contribution in [3.8, 4) is 5.75 Å². The third kappa shape index (κ3) is 2.71. The van der Waals surface area contributed by atoms with Crippen LogP contribution >= 0.6 is 0 Å². The first-order valence-corrected chi connectivity index (χ1v) is 5.72. The van der Waals surface area contributed by atoms with E-state index in [0.717, 1.165) is 24.5 Å². The summed E-state index contributed by atoms with van der Waals surface area (Å²) in [6.07, 6.45) is 1.17. The molecule has 0 bridgehead atoms. The normalized spacial score (nSPS) is 21.5. The Kier molecular flexibility index (Phi) is 3.41. The van der Waals surface area contributed by atoms with E-state index in [1.807, 2.05) is 13.0 Å². The van der Waals surface area contributed by atoms with Crippen molar-refractivity contribution in [2.75, 3.05) is 20.1 Å². The molecule has 1 aliphatic heterocycles. The first-order chi connectivity index (χ1) is 7.65. The van der Waals surface area contributed by atoms with E-state index >= 15 is 0 Å². The Morgan fingerprint density at radius 2 is 2.38 bits per heavy atom. The highest BCUT2D eigenvalue weighted by atomic mass is 16.3. The Morgan fingerprint density at radius 3 is 3.06 bits per heavy atom. The molecule has 1 aromatic heterocycles. The quantitative estimate of drug-likeness (QED) is 0.796. The van der Waals surface area contributed by atoms with Crippen molar-refractivity contribution in [1.29, 1.82) is 0 Å². The minimum Gasteiger partial charge on any atom is -0.506 e. The molecular weight excluding hydrogens is 202 g/mol. The summed E-state index contributed by atoms with van der Waals surface area (Å²) in [5, 5.41) is 13.1. The molecule has 0 aromatic carbocycles. The molecule has 0 amide bonds. The lowest BCUT2D eigenvalue weighted by atomic mass is 10.2. The van der Waals surface area contributed by atoms with Crippen molar-refractivity contribution >= 4 is 0 Å². The molecule has 1 fully saturated rings. The van der Waals surface area contributed by atoms with Crippen LogP contribution in [-0.4, -0.2) is 41.2 Å². The molecule has 2 heterocycles.